The van der Waals surface area contributed by atoms with Gasteiger partial charge in [0, 0.05) is 42.2 Å². The molecule has 1 saturated carbocycles. The molecule has 0 saturated heterocycles. The van der Waals surface area contributed by atoms with Crippen LogP contribution in [-0.2, 0) is 19.1 Å². The number of thiophene rings is 1. The molecule has 6 nitrogen and oxygen atoms in total. The van der Waals surface area contributed by atoms with Crippen LogP contribution in [0.25, 0.3) is 5.57 Å². The first kappa shape index (κ1) is 26.2. The number of aryl methyl sites for hydroxylation is 1. The third-order valence-corrected chi connectivity index (χ3v) is 6.04. The first-order chi connectivity index (χ1) is 16.1. The highest BCUT2D eigenvalue weighted by Gasteiger charge is 2.63. The van der Waals surface area contributed by atoms with Crippen LogP contribution in [0.5, 0.6) is 0 Å². The number of carbonyl (C=O) groups is 1. The number of hydrogen-bond donors (Lipinski definition) is 3. The lowest BCUT2D eigenvalue weighted by atomic mass is 10.0. The molecule has 2 aromatic rings. The summed E-state index contributed by atoms with van der Waals surface area (Å²) in [5.74, 6) is -7.62. The Morgan fingerprint density at radius 1 is 1.23 bits per heavy atom. The number of aromatic nitrogens is 1. The zero-order valence-electron chi connectivity index (χ0n) is 17.5. The standard InChI is InChI=1S/C20H15F8N5OS/c1-33-8-12(19(23,24)25)15(18(21,22)20(26,27)28)16(33)31-7-9(5-29)13-4-11(14(6-30)35-13)17(34)32-10-2-3-10/h4-5,7-8,10,29,31H,2-3H2,1H3,(H,32,34)/b9-7+,29-5?. The van der Waals surface area contributed by atoms with Crippen LogP contribution >= 0.6 is 11.3 Å². The quantitative estimate of drug-likeness (QED) is 0.323. The van der Waals surface area contributed by atoms with E-state index in [1.807, 2.05) is 5.32 Å². The lowest BCUT2D eigenvalue weighted by Gasteiger charge is -2.22. The minimum Gasteiger partial charge on any atom is -0.349 e. The second-order valence-electron chi connectivity index (χ2n) is 7.55. The van der Waals surface area contributed by atoms with Gasteiger partial charge in [0.25, 0.3) is 5.91 Å². The highest BCUT2D eigenvalue weighted by atomic mass is 32.1. The Kier molecular flexibility index (Phi) is 6.73. The van der Waals surface area contributed by atoms with Gasteiger partial charge < -0.3 is 20.6 Å². The van der Waals surface area contributed by atoms with E-state index in [-0.39, 0.29) is 33.1 Å². The van der Waals surface area contributed by atoms with Crippen molar-refractivity contribution in [1.82, 2.24) is 9.88 Å². The Morgan fingerprint density at radius 3 is 2.34 bits per heavy atom. The van der Waals surface area contributed by atoms with Crippen LogP contribution in [0.3, 0.4) is 0 Å². The molecule has 2 aromatic heterocycles. The first-order valence-corrected chi connectivity index (χ1v) is 10.5. The Labute approximate surface area is 196 Å². The second-order valence-corrected chi connectivity index (χ2v) is 8.60. The van der Waals surface area contributed by atoms with E-state index in [0.717, 1.165) is 37.4 Å². The molecule has 0 radical (unpaired) electrons. The molecule has 188 valence electrons. The lowest BCUT2D eigenvalue weighted by molar-refractivity contribution is -0.290. The summed E-state index contributed by atoms with van der Waals surface area (Å²) in [6.45, 7) is 0. The van der Waals surface area contributed by atoms with E-state index in [2.05, 4.69) is 5.32 Å². The van der Waals surface area contributed by atoms with Crippen LogP contribution in [0.1, 0.15) is 44.1 Å². The molecule has 15 heteroatoms. The van der Waals surface area contributed by atoms with Crippen LogP contribution in [-0.4, -0.2) is 28.9 Å². The number of nitrogens with zero attached hydrogens (tertiary/aromatic N) is 2. The molecule has 0 bridgehead atoms. The zero-order chi connectivity index (χ0) is 26.3. The fourth-order valence-corrected chi connectivity index (χ4v) is 4.02. The van der Waals surface area contributed by atoms with Gasteiger partial charge in [0.1, 0.15) is 16.8 Å². The third kappa shape index (κ3) is 5.16. The van der Waals surface area contributed by atoms with Crippen molar-refractivity contribution in [2.75, 3.05) is 5.32 Å². The van der Waals surface area contributed by atoms with Gasteiger partial charge in [-0.3, -0.25) is 4.79 Å². The van der Waals surface area contributed by atoms with Crippen LogP contribution in [0.15, 0.2) is 18.5 Å². The lowest BCUT2D eigenvalue weighted by Crippen LogP contribution is -2.35. The van der Waals surface area contributed by atoms with Crippen molar-refractivity contribution in [2.45, 2.75) is 37.2 Å². The average Bonchev–Trinajstić information content (AvgIpc) is 3.33. The summed E-state index contributed by atoms with van der Waals surface area (Å²) in [4.78, 5) is 12.4. The van der Waals surface area contributed by atoms with E-state index in [1.165, 1.54) is 6.07 Å². The first-order valence-electron chi connectivity index (χ1n) is 9.65. The minimum atomic E-state index is -6.32. The van der Waals surface area contributed by atoms with Crippen molar-refractivity contribution >= 4 is 34.8 Å². The predicted octanol–water partition coefficient (Wildman–Crippen LogP) is 5.63. The van der Waals surface area contributed by atoms with Crippen molar-refractivity contribution in [3.63, 3.8) is 0 Å². The maximum atomic E-state index is 14.1. The van der Waals surface area contributed by atoms with Gasteiger partial charge in [-0.1, -0.05) is 0 Å². The summed E-state index contributed by atoms with van der Waals surface area (Å²) in [5, 5.41) is 21.5. The number of nitriles is 1. The molecular weight excluding hydrogens is 510 g/mol. The number of alkyl halides is 8. The summed E-state index contributed by atoms with van der Waals surface area (Å²) in [5.41, 5.74) is -4.73. The summed E-state index contributed by atoms with van der Waals surface area (Å²) in [7, 11) is 0.838. The van der Waals surface area contributed by atoms with Crippen LogP contribution in [0.2, 0.25) is 0 Å². The van der Waals surface area contributed by atoms with E-state index in [9.17, 15) is 45.2 Å². The Bertz CT molecular complexity index is 1230. The predicted molar refractivity (Wildman–Crippen MR) is 110 cm³/mol. The highest BCUT2D eigenvalue weighted by molar-refractivity contribution is 7.14. The largest absolute Gasteiger partial charge is 0.458 e. The van der Waals surface area contributed by atoms with Crippen LogP contribution < -0.4 is 10.6 Å². The van der Waals surface area contributed by atoms with Crippen molar-refractivity contribution < 1.29 is 39.9 Å². The monoisotopic (exact) mass is 525 g/mol. The van der Waals surface area contributed by atoms with E-state index in [0.29, 0.717) is 10.8 Å². The smallest absolute Gasteiger partial charge is 0.349 e. The third-order valence-electron chi connectivity index (χ3n) is 4.95. The number of carbonyl (C=O) groups excluding carboxylic acids is 1. The Balaban J connectivity index is 2.05. The molecular formula is C20H15F8N5OS. The number of halogens is 8. The maximum Gasteiger partial charge on any atom is 0.458 e. The molecule has 35 heavy (non-hydrogen) atoms. The van der Waals surface area contributed by atoms with Crippen molar-refractivity contribution in [3.8, 4) is 6.07 Å². The van der Waals surface area contributed by atoms with Crippen molar-refractivity contribution in [3.05, 3.63) is 44.9 Å². The fraction of sp³-hybridized carbons (Fsp3) is 0.350. The number of hydrogen-bond acceptors (Lipinski definition) is 5. The summed E-state index contributed by atoms with van der Waals surface area (Å²) in [6, 6.07) is 2.98. The van der Waals surface area contributed by atoms with E-state index in [1.54, 1.807) is 6.07 Å². The van der Waals surface area contributed by atoms with Gasteiger partial charge in [-0.05, 0) is 18.9 Å². The van der Waals surface area contributed by atoms with Gasteiger partial charge in [-0.25, -0.2) is 0 Å². The summed E-state index contributed by atoms with van der Waals surface area (Å²) >= 11 is 0.734. The molecule has 0 aromatic carbocycles. The molecule has 0 aliphatic heterocycles. The van der Waals surface area contributed by atoms with E-state index < -0.39 is 41.1 Å². The van der Waals surface area contributed by atoms with E-state index >= 15 is 0 Å². The number of nitrogens with one attached hydrogen (secondary N) is 3. The van der Waals surface area contributed by atoms with Gasteiger partial charge in [0.2, 0.25) is 0 Å². The summed E-state index contributed by atoms with van der Waals surface area (Å²) in [6.07, 6.45) is -8.84. The number of amides is 1. The van der Waals surface area contributed by atoms with Crippen LogP contribution in [0.4, 0.5) is 40.9 Å². The topological polar surface area (TPSA) is 93.7 Å². The average molecular weight is 525 g/mol. The molecule has 0 spiro atoms. The molecule has 3 N–H and O–H groups in total. The summed E-state index contributed by atoms with van der Waals surface area (Å²) < 4.78 is 108. The van der Waals surface area contributed by atoms with Crippen molar-refractivity contribution in [1.29, 1.82) is 10.7 Å². The second kappa shape index (κ2) is 8.99. The zero-order valence-corrected chi connectivity index (χ0v) is 18.4. The SMILES string of the molecule is Cn1cc(C(F)(F)F)c(C(F)(F)C(F)(F)F)c1N/C=C(\C=N)c1cc(C(=O)NC2CC2)c(C#N)s1. The Morgan fingerprint density at radius 2 is 1.86 bits per heavy atom. The molecule has 1 fully saturated rings. The van der Waals surface area contributed by atoms with Gasteiger partial charge in [0.05, 0.1) is 16.7 Å². The van der Waals surface area contributed by atoms with Crippen molar-refractivity contribution in [2.24, 2.45) is 7.05 Å². The van der Waals surface area contributed by atoms with Gasteiger partial charge in [-0.15, -0.1) is 11.3 Å². The Hall–Kier alpha value is -3.41. The van der Waals surface area contributed by atoms with E-state index in [4.69, 9.17) is 5.41 Å². The van der Waals surface area contributed by atoms with Crippen LogP contribution in [0, 0.1) is 16.7 Å². The van der Waals surface area contributed by atoms with Gasteiger partial charge in [0.15, 0.2) is 0 Å². The fourth-order valence-electron chi connectivity index (χ4n) is 3.08. The van der Waals surface area contributed by atoms with Gasteiger partial charge in [-0.2, -0.15) is 40.4 Å². The number of allylic oxidation sites excluding steroid dienone is 1. The molecule has 1 amide bonds. The molecule has 1 aliphatic carbocycles. The molecule has 2 heterocycles. The minimum absolute atomic E-state index is 0.0327. The number of rotatable bonds is 7. The molecule has 3 rings (SSSR count). The normalized spacial score (nSPS) is 15.0. The number of anilines is 1. The maximum absolute atomic E-state index is 14.1. The highest BCUT2D eigenvalue weighted by Crippen LogP contribution is 2.51. The molecule has 0 atom stereocenters. The molecule has 0 unspecified atom stereocenters. The molecule has 1 aliphatic rings. The van der Waals surface area contributed by atoms with Gasteiger partial charge >= 0.3 is 18.3 Å².